The molecule has 1 aromatic heterocycles. The molecule has 0 atom stereocenters. The summed E-state index contributed by atoms with van der Waals surface area (Å²) < 4.78 is 1.33. The fourth-order valence-corrected chi connectivity index (χ4v) is 3.17. The monoisotopic (exact) mass is 372 g/mol. The van der Waals surface area contributed by atoms with Gasteiger partial charge in [-0.25, -0.2) is 4.79 Å². The van der Waals surface area contributed by atoms with E-state index in [2.05, 4.69) is 4.98 Å². The molecule has 3 N–H and O–H groups in total. The number of carbonyl (C=O) groups excluding carboxylic acids is 1. The lowest BCUT2D eigenvalue weighted by molar-refractivity contribution is 0.0986. The largest absolute Gasteiger partial charge is 0.383 e. The summed E-state index contributed by atoms with van der Waals surface area (Å²) in [5, 5.41) is 0. The molecular formula is C20H28N4O3. The van der Waals surface area contributed by atoms with Gasteiger partial charge in [0.05, 0.1) is 0 Å². The van der Waals surface area contributed by atoms with Gasteiger partial charge >= 0.3 is 5.69 Å². The minimum absolute atomic E-state index is 0.0309. The molecule has 7 heteroatoms. The van der Waals surface area contributed by atoms with Crippen molar-refractivity contribution in [2.75, 3.05) is 17.2 Å². The highest BCUT2D eigenvalue weighted by molar-refractivity contribution is 6.07. The number of aromatic nitrogens is 2. The SMILES string of the molecule is CCCCn1c(N)c(N(CCC)C(=O)c2cc(C)cc(C)c2)c(=O)[nH]c1=O. The average Bonchev–Trinajstić information content (AvgIpc) is 2.59. The summed E-state index contributed by atoms with van der Waals surface area (Å²) in [6.45, 7) is 8.47. The number of hydrogen-bond acceptors (Lipinski definition) is 4. The van der Waals surface area contributed by atoms with Gasteiger partial charge in [-0.3, -0.25) is 19.1 Å². The Kier molecular flexibility index (Phi) is 6.60. The standard InChI is InChI=1S/C20H28N4O3/c1-5-7-9-24-17(21)16(18(25)22-20(24)27)23(8-6-2)19(26)15-11-13(3)10-14(4)12-15/h10-12H,5-9,21H2,1-4H3,(H,22,25,27). The normalized spacial score (nSPS) is 10.8. The second-order valence-corrected chi connectivity index (χ2v) is 6.83. The number of nitrogens with one attached hydrogen (secondary N) is 1. The summed E-state index contributed by atoms with van der Waals surface area (Å²) in [5.41, 5.74) is 7.44. The van der Waals surface area contributed by atoms with Crippen LogP contribution in [0.5, 0.6) is 0 Å². The number of anilines is 2. The van der Waals surface area contributed by atoms with Crippen molar-refractivity contribution >= 4 is 17.4 Å². The van der Waals surface area contributed by atoms with Crippen molar-refractivity contribution in [3.8, 4) is 0 Å². The third-order valence-corrected chi connectivity index (χ3v) is 4.38. The van der Waals surface area contributed by atoms with Crippen molar-refractivity contribution in [3.63, 3.8) is 0 Å². The second-order valence-electron chi connectivity index (χ2n) is 6.83. The van der Waals surface area contributed by atoms with Crippen molar-refractivity contribution in [1.29, 1.82) is 0 Å². The first-order valence-corrected chi connectivity index (χ1v) is 9.32. The molecule has 0 unspecified atom stereocenters. The minimum atomic E-state index is -0.642. The molecule has 0 aliphatic rings. The van der Waals surface area contributed by atoms with E-state index in [0.717, 1.165) is 24.0 Å². The molecule has 146 valence electrons. The molecule has 1 amide bonds. The van der Waals surface area contributed by atoms with Crippen LogP contribution in [0.3, 0.4) is 0 Å². The van der Waals surface area contributed by atoms with Crippen LogP contribution in [0, 0.1) is 13.8 Å². The Morgan fingerprint density at radius 1 is 1.11 bits per heavy atom. The molecule has 0 radical (unpaired) electrons. The van der Waals surface area contributed by atoms with Crippen LogP contribution in [0.1, 0.15) is 54.6 Å². The van der Waals surface area contributed by atoms with Gasteiger partial charge in [0.15, 0.2) is 5.69 Å². The van der Waals surface area contributed by atoms with Gasteiger partial charge in [-0.1, -0.05) is 37.5 Å². The Labute approximate surface area is 158 Å². The van der Waals surface area contributed by atoms with Crippen LogP contribution in [-0.4, -0.2) is 22.0 Å². The second kappa shape index (κ2) is 8.70. The Bertz CT molecular complexity index is 923. The van der Waals surface area contributed by atoms with E-state index in [1.165, 1.54) is 9.47 Å². The number of nitrogen functional groups attached to an aromatic ring is 1. The quantitative estimate of drug-likeness (QED) is 0.780. The number of aromatic amines is 1. The van der Waals surface area contributed by atoms with Gasteiger partial charge < -0.3 is 10.6 Å². The van der Waals surface area contributed by atoms with E-state index in [1.807, 2.05) is 33.8 Å². The van der Waals surface area contributed by atoms with Crippen LogP contribution in [0.15, 0.2) is 27.8 Å². The summed E-state index contributed by atoms with van der Waals surface area (Å²) in [7, 11) is 0. The summed E-state index contributed by atoms with van der Waals surface area (Å²) in [4.78, 5) is 41.5. The molecule has 0 aliphatic carbocycles. The number of hydrogen-bond donors (Lipinski definition) is 2. The predicted octanol–water partition coefficient (Wildman–Crippen LogP) is 2.59. The van der Waals surface area contributed by atoms with Crippen LogP contribution in [0.4, 0.5) is 11.5 Å². The summed E-state index contributed by atoms with van der Waals surface area (Å²) in [5.74, 6) is -0.273. The maximum Gasteiger partial charge on any atom is 0.330 e. The lowest BCUT2D eigenvalue weighted by Gasteiger charge is -2.24. The zero-order valence-corrected chi connectivity index (χ0v) is 16.5. The van der Waals surface area contributed by atoms with Crippen molar-refractivity contribution in [1.82, 2.24) is 9.55 Å². The van der Waals surface area contributed by atoms with Gasteiger partial charge in [-0.05, 0) is 38.8 Å². The number of nitrogens with two attached hydrogens (primary N) is 1. The highest BCUT2D eigenvalue weighted by Crippen LogP contribution is 2.21. The third kappa shape index (κ3) is 4.48. The molecule has 2 aromatic rings. The van der Waals surface area contributed by atoms with E-state index in [-0.39, 0.29) is 17.4 Å². The topological polar surface area (TPSA) is 101 Å². The predicted molar refractivity (Wildman–Crippen MR) is 109 cm³/mol. The molecular weight excluding hydrogens is 344 g/mol. The highest BCUT2D eigenvalue weighted by atomic mass is 16.2. The first-order valence-electron chi connectivity index (χ1n) is 9.32. The Morgan fingerprint density at radius 2 is 1.74 bits per heavy atom. The first kappa shape index (κ1) is 20.5. The number of amides is 1. The lowest BCUT2D eigenvalue weighted by Crippen LogP contribution is -2.41. The van der Waals surface area contributed by atoms with E-state index in [1.54, 1.807) is 12.1 Å². The number of unbranched alkanes of at least 4 members (excludes halogenated alkanes) is 1. The molecule has 27 heavy (non-hydrogen) atoms. The molecule has 0 spiro atoms. The number of rotatable bonds is 7. The van der Waals surface area contributed by atoms with Crippen molar-refractivity contribution in [2.24, 2.45) is 0 Å². The molecule has 0 saturated carbocycles. The number of nitrogens with zero attached hydrogens (tertiary/aromatic N) is 2. The van der Waals surface area contributed by atoms with E-state index in [0.29, 0.717) is 25.1 Å². The molecule has 2 rings (SSSR count). The van der Waals surface area contributed by atoms with Crippen LogP contribution in [-0.2, 0) is 6.54 Å². The smallest absolute Gasteiger partial charge is 0.330 e. The number of carbonyl (C=O) groups is 1. The van der Waals surface area contributed by atoms with Crippen molar-refractivity contribution < 1.29 is 4.79 Å². The maximum atomic E-state index is 13.2. The van der Waals surface area contributed by atoms with E-state index < -0.39 is 11.2 Å². The summed E-state index contributed by atoms with van der Waals surface area (Å²) >= 11 is 0. The summed E-state index contributed by atoms with van der Waals surface area (Å²) in [6.07, 6.45) is 2.26. The van der Waals surface area contributed by atoms with Gasteiger partial charge in [-0.2, -0.15) is 0 Å². The van der Waals surface area contributed by atoms with Gasteiger partial charge in [-0.15, -0.1) is 0 Å². The number of benzene rings is 1. The first-order chi connectivity index (χ1) is 12.8. The highest BCUT2D eigenvalue weighted by Gasteiger charge is 2.24. The maximum absolute atomic E-state index is 13.2. The zero-order chi connectivity index (χ0) is 20.1. The van der Waals surface area contributed by atoms with Crippen molar-refractivity contribution in [3.05, 3.63) is 55.7 Å². The Balaban J connectivity index is 2.60. The van der Waals surface area contributed by atoms with Gasteiger partial charge in [0.1, 0.15) is 5.82 Å². The van der Waals surface area contributed by atoms with Gasteiger partial charge in [0, 0.05) is 18.7 Å². The molecule has 0 saturated heterocycles. The Hall–Kier alpha value is -2.83. The van der Waals surface area contributed by atoms with Crippen molar-refractivity contribution in [2.45, 2.75) is 53.5 Å². The fraction of sp³-hybridized carbons (Fsp3) is 0.450. The van der Waals surface area contributed by atoms with Crippen LogP contribution < -0.4 is 21.9 Å². The zero-order valence-electron chi connectivity index (χ0n) is 16.5. The Morgan fingerprint density at radius 3 is 2.30 bits per heavy atom. The average molecular weight is 372 g/mol. The third-order valence-electron chi connectivity index (χ3n) is 4.38. The van der Waals surface area contributed by atoms with Crippen LogP contribution >= 0.6 is 0 Å². The van der Waals surface area contributed by atoms with E-state index >= 15 is 0 Å². The molecule has 7 nitrogen and oxygen atoms in total. The molecule has 0 fully saturated rings. The van der Waals surface area contributed by atoms with Gasteiger partial charge in [0.25, 0.3) is 11.5 Å². The molecule has 1 aromatic carbocycles. The van der Waals surface area contributed by atoms with Gasteiger partial charge in [0.2, 0.25) is 0 Å². The van der Waals surface area contributed by atoms with Crippen LogP contribution in [0.2, 0.25) is 0 Å². The van der Waals surface area contributed by atoms with Crippen LogP contribution in [0.25, 0.3) is 0 Å². The van der Waals surface area contributed by atoms with E-state index in [9.17, 15) is 14.4 Å². The molecule has 0 bridgehead atoms. The van der Waals surface area contributed by atoms with E-state index in [4.69, 9.17) is 5.73 Å². The number of H-pyrrole nitrogens is 1. The molecule has 1 heterocycles. The lowest BCUT2D eigenvalue weighted by atomic mass is 10.1. The fourth-order valence-electron chi connectivity index (χ4n) is 3.17. The summed E-state index contributed by atoms with van der Waals surface area (Å²) in [6, 6.07) is 5.55. The minimum Gasteiger partial charge on any atom is -0.383 e. The molecule has 0 aliphatic heterocycles. The number of aryl methyl sites for hydroxylation is 2.